The van der Waals surface area contributed by atoms with Crippen LogP contribution in [0.15, 0.2) is 0 Å². The molecule has 0 aliphatic heterocycles. The maximum atomic E-state index is 11.5. The Balaban J connectivity index is 2.31. The van der Waals surface area contributed by atoms with Crippen molar-refractivity contribution in [1.29, 1.82) is 0 Å². The minimum Gasteiger partial charge on any atom is -0.352 e. The van der Waals surface area contributed by atoms with Crippen LogP contribution in [0.3, 0.4) is 0 Å². The van der Waals surface area contributed by atoms with Gasteiger partial charge in [0, 0.05) is 17.3 Å². The van der Waals surface area contributed by atoms with E-state index in [9.17, 15) is 4.79 Å². The number of carbonyl (C=O) groups is 1. The van der Waals surface area contributed by atoms with Gasteiger partial charge in [0.1, 0.15) is 0 Å². The SMILES string of the molecule is CC(C)CC(=O)NC1CCCCC1Br. The van der Waals surface area contributed by atoms with Crippen LogP contribution in [0.25, 0.3) is 0 Å². The number of alkyl halides is 1. The summed E-state index contributed by atoms with van der Waals surface area (Å²) in [7, 11) is 0. The van der Waals surface area contributed by atoms with Crippen molar-refractivity contribution in [2.75, 3.05) is 0 Å². The Morgan fingerprint density at radius 1 is 1.43 bits per heavy atom. The summed E-state index contributed by atoms with van der Waals surface area (Å²) in [5.41, 5.74) is 0. The number of nitrogens with one attached hydrogen (secondary N) is 1. The van der Waals surface area contributed by atoms with Gasteiger partial charge in [-0.1, -0.05) is 42.6 Å². The van der Waals surface area contributed by atoms with Gasteiger partial charge in [0.05, 0.1) is 0 Å². The van der Waals surface area contributed by atoms with Crippen LogP contribution in [0.2, 0.25) is 0 Å². The van der Waals surface area contributed by atoms with Gasteiger partial charge in [-0.15, -0.1) is 0 Å². The van der Waals surface area contributed by atoms with E-state index < -0.39 is 0 Å². The van der Waals surface area contributed by atoms with Gasteiger partial charge in [0.15, 0.2) is 0 Å². The molecule has 0 aromatic rings. The smallest absolute Gasteiger partial charge is 0.220 e. The first-order valence-corrected chi connectivity index (χ1v) is 6.44. The van der Waals surface area contributed by atoms with E-state index in [1.54, 1.807) is 0 Å². The van der Waals surface area contributed by atoms with E-state index in [0.717, 1.165) is 6.42 Å². The predicted molar refractivity (Wildman–Crippen MR) is 62.6 cm³/mol. The third kappa shape index (κ3) is 3.99. The van der Waals surface area contributed by atoms with E-state index >= 15 is 0 Å². The molecule has 0 aromatic heterocycles. The van der Waals surface area contributed by atoms with E-state index in [0.29, 0.717) is 23.2 Å². The molecule has 0 saturated heterocycles. The molecule has 82 valence electrons. The summed E-state index contributed by atoms with van der Waals surface area (Å²) in [5, 5.41) is 3.11. The standard InChI is InChI=1S/C11H20BrNO/c1-8(2)7-11(14)13-10-6-4-3-5-9(10)12/h8-10H,3-7H2,1-2H3,(H,13,14). The number of hydrogen-bond acceptors (Lipinski definition) is 1. The molecular formula is C11H20BrNO. The van der Waals surface area contributed by atoms with Gasteiger partial charge in [-0.2, -0.15) is 0 Å². The van der Waals surface area contributed by atoms with Gasteiger partial charge in [0.2, 0.25) is 5.91 Å². The molecule has 1 saturated carbocycles. The van der Waals surface area contributed by atoms with Crippen molar-refractivity contribution in [3.63, 3.8) is 0 Å². The largest absolute Gasteiger partial charge is 0.352 e. The maximum absolute atomic E-state index is 11.5. The molecule has 0 bridgehead atoms. The second kappa shape index (κ2) is 5.74. The summed E-state index contributed by atoms with van der Waals surface area (Å²) < 4.78 is 0. The van der Waals surface area contributed by atoms with E-state index in [4.69, 9.17) is 0 Å². The molecule has 2 atom stereocenters. The monoisotopic (exact) mass is 261 g/mol. The second-order valence-corrected chi connectivity index (χ2v) is 5.75. The number of halogens is 1. The average Bonchev–Trinajstić information content (AvgIpc) is 2.07. The molecule has 1 aliphatic rings. The molecule has 2 unspecified atom stereocenters. The highest BCUT2D eigenvalue weighted by Crippen LogP contribution is 2.24. The quantitative estimate of drug-likeness (QED) is 0.778. The normalized spacial score (nSPS) is 27.7. The predicted octanol–water partition coefficient (Wildman–Crippen LogP) is 2.85. The van der Waals surface area contributed by atoms with Crippen molar-refractivity contribution < 1.29 is 4.79 Å². The third-order valence-corrected chi connectivity index (χ3v) is 3.72. The van der Waals surface area contributed by atoms with Crippen molar-refractivity contribution in [3.05, 3.63) is 0 Å². The first-order chi connectivity index (χ1) is 6.59. The summed E-state index contributed by atoms with van der Waals surface area (Å²) in [6, 6.07) is 0.356. The molecule has 0 aromatic carbocycles. The van der Waals surface area contributed by atoms with Crippen molar-refractivity contribution in [2.45, 2.75) is 56.8 Å². The molecule has 3 heteroatoms. The van der Waals surface area contributed by atoms with Crippen molar-refractivity contribution in [3.8, 4) is 0 Å². The van der Waals surface area contributed by atoms with Crippen LogP contribution in [0, 0.1) is 5.92 Å². The fourth-order valence-corrected chi connectivity index (χ4v) is 2.60. The number of hydrogen-bond donors (Lipinski definition) is 1. The van der Waals surface area contributed by atoms with E-state index in [-0.39, 0.29) is 5.91 Å². The first-order valence-electron chi connectivity index (χ1n) is 5.53. The molecule has 1 aliphatic carbocycles. The van der Waals surface area contributed by atoms with Crippen molar-refractivity contribution in [2.24, 2.45) is 5.92 Å². The average molecular weight is 262 g/mol. The Morgan fingerprint density at radius 3 is 2.64 bits per heavy atom. The summed E-state index contributed by atoms with van der Waals surface area (Å²) in [5.74, 6) is 0.656. The molecule has 1 fully saturated rings. The van der Waals surface area contributed by atoms with E-state index in [1.807, 2.05) is 0 Å². The zero-order chi connectivity index (χ0) is 10.6. The van der Waals surface area contributed by atoms with Crippen LogP contribution in [0.4, 0.5) is 0 Å². The van der Waals surface area contributed by atoms with Crippen LogP contribution in [-0.4, -0.2) is 16.8 Å². The van der Waals surface area contributed by atoms with E-state index in [2.05, 4.69) is 35.1 Å². The highest BCUT2D eigenvalue weighted by molar-refractivity contribution is 9.09. The lowest BCUT2D eigenvalue weighted by molar-refractivity contribution is -0.122. The van der Waals surface area contributed by atoms with Gasteiger partial charge < -0.3 is 5.32 Å². The summed E-state index contributed by atoms with van der Waals surface area (Å²) in [6.45, 7) is 4.15. The van der Waals surface area contributed by atoms with Gasteiger partial charge >= 0.3 is 0 Å². The second-order valence-electron chi connectivity index (χ2n) is 4.57. The van der Waals surface area contributed by atoms with Gasteiger partial charge in [-0.25, -0.2) is 0 Å². The molecule has 2 nitrogen and oxygen atoms in total. The summed E-state index contributed by atoms with van der Waals surface area (Å²) in [4.78, 5) is 12.0. The highest BCUT2D eigenvalue weighted by atomic mass is 79.9. The lowest BCUT2D eigenvalue weighted by Crippen LogP contribution is -2.42. The van der Waals surface area contributed by atoms with Crippen LogP contribution >= 0.6 is 15.9 Å². The van der Waals surface area contributed by atoms with Crippen molar-refractivity contribution in [1.82, 2.24) is 5.32 Å². The Labute approximate surface area is 95.0 Å². The van der Waals surface area contributed by atoms with Gasteiger partial charge in [0.25, 0.3) is 0 Å². The molecule has 1 N–H and O–H groups in total. The maximum Gasteiger partial charge on any atom is 0.220 e. The minimum atomic E-state index is 0.205. The molecule has 1 rings (SSSR count). The Kier molecular flexibility index (Phi) is 4.93. The first kappa shape index (κ1) is 12.0. The number of rotatable bonds is 3. The zero-order valence-electron chi connectivity index (χ0n) is 9.05. The van der Waals surface area contributed by atoms with Gasteiger partial charge in [-0.3, -0.25) is 4.79 Å². The lowest BCUT2D eigenvalue weighted by atomic mass is 9.95. The minimum absolute atomic E-state index is 0.205. The molecule has 14 heavy (non-hydrogen) atoms. The Hall–Kier alpha value is -0.0500. The molecule has 0 spiro atoms. The van der Waals surface area contributed by atoms with E-state index in [1.165, 1.54) is 19.3 Å². The lowest BCUT2D eigenvalue weighted by Gasteiger charge is -2.28. The number of carbonyl (C=O) groups excluding carboxylic acids is 1. The number of amides is 1. The zero-order valence-corrected chi connectivity index (χ0v) is 10.6. The molecule has 1 amide bonds. The Bertz CT molecular complexity index is 194. The molecule has 0 heterocycles. The summed E-state index contributed by atoms with van der Waals surface area (Å²) >= 11 is 3.63. The van der Waals surface area contributed by atoms with Crippen LogP contribution < -0.4 is 5.32 Å². The topological polar surface area (TPSA) is 29.1 Å². The van der Waals surface area contributed by atoms with Crippen LogP contribution in [0.5, 0.6) is 0 Å². The molecule has 0 radical (unpaired) electrons. The third-order valence-electron chi connectivity index (χ3n) is 2.62. The van der Waals surface area contributed by atoms with Crippen LogP contribution in [-0.2, 0) is 4.79 Å². The van der Waals surface area contributed by atoms with Crippen molar-refractivity contribution >= 4 is 21.8 Å². The molecular weight excluding hydrogens is 242 g/mol. The van der Waals surface area contributed by atoms with Crippen LogP contribution in [0.1, 0.15) is 46.0 Å². The summed E-state index contributed by atoms with van der Waals surface area (Å²) in [6.07, 6.45) is 5.49. The fraction of sp³-hybridized carbons (Fsp3) is 0.909. The highest BCUT2D eigenvalue weighted by Gasteiger charge is 2.23. The Morgan fingerprint density at radius 2 is 2.07 bits per heavy atom. The van der Waals surface area contributed by atoms with Gasteiger partial charge in [-0.05, 0) is 18.8 Å². The fourth-order valence-electron chi connectivity index (χ4n) is 1.88.